The number of rotatable bonds is 5. The van der Waals surface area contributed by atoms with Gasteiger partial charge in [-0.15, -0.1) is 0 Å². The Hall–Kier alpha value is -0.970. The van der Waals surface area contributed by atoms with Crippen LogP contribution < -0.4 is 11.1 Å². The van der Waals surface area contributed by atoms with E-state index in [1.165, 1.54) is 0 Å². The lowest BCUT2D eigenvalue weighted by atomic mass is 9.99. The van der Waals surface area contributed by atoms with Crippen molar-refractivity contribution in [3.05, 3.63) is 0 Å². The molecule has 0 bridgehead atoms. The van der Waals surface area contributed by atoms with Gasteiger partial charge < -0.3 is 40.6 Å². The summed E-state index contributed by atoms with van der Waals surface area (Å²) in [4.78, 5) is 11.4. The van der Waals surface area contributed by atoms with Gasteiger partial charge in [0.15, 0.2) is 6.29 Å². The first-order valence-electron chi connectivity index (χ1n) is 7.14. The number of carbonyl (C=O) groups excluding carboxylic acids is 1. The molecule has 1 aliphatic heterocycles. The van der Waals surface area contributed by atoms with E-state index < -0.39 is 42.4 Å². The number of carbonyl (C=O) groups is 1. The summed E-state index contributed by atoms with van der Waals surface area (Å²) in [6.45, 7) is 5.37. The van der Waals surface area contributed by atoms with Gasteiger partial charge in [-0.25, -0.2) is 4.79 Å². The molecule has 5 atom stereocenters. The minimum atomic E-state index is -1.41. The van der Waals surface area contributed by atoms with Crippen LogP contribution in [0.1, 0.15) is 20.8 Å². The Bertz CT molecular complexity index is 359. The van der Waals surface area contributed by atoms with E-state index in [-0.39, 0.29) is 19.7 Å². The predicted molar refractivity (Wildman–Crippen MR) is 75.9 cm³/mol. The van der Waals surface area contributed by atoms with Gasteiger partial charge >= 0.3 is 6.09 Å². The van der Waals surface area contributed by atoms with Gasteiger partial charge in [-0.05, 0) is 20.8 Å². The highest BCUT2D eigenvalue weighted by Gasteiger charge is 2.43. The Balaban J connectivity index is 2.33. The molecule has 0 radical (unpaired) electrons. The van der Waals surface area contributed by atoms with Gasteiger partial charge in [-0.1, -0.05) is 0 Å². The first kappa shape index (κ1) is 19.1. The second-order valence-corrected chi connectivity index (χ2v) is 6.05. The van der Waals surface area contributed by atoms with Gasteiger partial charge in [-0.2, -0.15) is 0 Å². The van der Waals surface area contributed by atoms with E-state index in [4.69, 9.17) is 19.9 Å². The Labute approximate surface area is 129 Å². The Kier molecular flexibility index (Phi) is 6.98. The standard InChI is InChI=1S/C13H26N2O7/c1-13(2,3)22-12(19)15-4-5-20-11-10(18)9(17)8(16)7(6-14)21-11/h7-11,16-18H,4-6,14H2,1-3H3,(H,15,19)/t7-,8+,9+,10-,11-/m1/s1. The number of alkyl carbamates (subject to hydrolysis) is 1. The van der Waals surface area contributed by atoms with E-state index in [1.54, 1.807) is 20.8 Å². The van der Waals surface area contributed by atoms with E-state index >= 15 is 0 Å². The van der Waals surface area contributed by atoms with Crippen LogP contribution in [0.25, 0.3) is 0 Å². The van der Waals surface area contributed by atoms with Crippen molar-refractivity contribution in [3.63, 3.8) is 0 Å². The maximum atomic E-state index is 11.4. The van der Waals surface area contributed by atoms with Gasteiger partial charge in [0.25, 0.3) is 0 Å². The lowest BCUT2D eigenvalue weighted by Crippen LogP contribution is -2.60. The molecule has 1 amide bonds. The molecule has 1 heterocycles. The number of ether oxygens (including phenoxy) is 3. The number of aliphatic hydroxyl groups is 3. The van der Waals surface area contributed by atoms with Gasteiger partial charge in [0.2, 0.25) is 0 Å². The fraction of sp³-hybridized carbons (Fsp3) is 0.923. The number of aliphatic hydroxyl groups excluding tert-OH is 3. The van der Waals surface area contributed by atoms with Crippen molar-refractivity contribution >= 4 is 6.09 Å². The molecule has 0 aromatic rings. The average molecular weight is 322 g/mol. The number of nitrogens with two attached hydrogens (primary N) is 1. The van der Waals surface area contributed by atoms with E-state index in [1.807, 2.05) is 0 Å². The molecule has 0 aromatic carbocycles. The van der Waals surface area contributed by atoms with Crippen LogP contribution in [-0.4, -0.2) is 77.4 Å². The number of amides is 1. The van der Waals surface area contributed by atoms with Crippen molar-refractivity contribution in [2.75, 3.05) is 19.7 Å². The third-order valence-corrected chi connectivity index (χ3v) is 2.95. The van der Waals surface area contributed by atoms with Crippen molar-refractivity contribution in [3.8, 4) is 0 Å². The molecule has 1 aliphatic rings. The molecule has 6 N–H and O–H groups in total. The number of hydrogen-bond donors (Lipinski definition) is 5. The molecule has 1 fully saturated rings. The lowest BCUT2D eigenvalue weighted by molar-refractivity contribution is -0.293. The topological polar surface area (TPSA) is 144 Å². The quantitative estimate of drug-likeness (QED) is 0.377. The van der Waals surface area contributed by atoms with Gasteiger partial charge in [0, 0.05) is 13.1 Å². The van der Waals surface area contributed by atoms with Gasteiger partial charge in [-0.3, -0.25) is 0 Å². The molecule has 0 unspecified atom stereocenters. The van der Waals surface area contributed by atoms with Crippen LogP contribution in [0.5, 0.6) is 0 Å². The molecule has 9 heteroatoms. The van der Waals surface area contributed by atoms with Crippen LogP contribution >= 0.6 is 0 Å². The van der Waals surface area contributed by atoms with E-state index in [0.29, 0.717) is 0 Å². The number of hydrogen-bond acceptors (Lipinski definition) is 8. The lowest BCUT2D eigenvalue weighted by Gasteiger charge is -2.39. The summed E-state index contributed by atoms with van der Waals surface area (Å²) in [6, 6.07) is 0. The number of nitrogens with one attached hydrogen (secondary N) is 1. The van der Waals surface area contributed by atoms with Crippen molar-refractivity contribution in [2.45, 2.75) is 57.1 Å². The second-order valence-electron chi connectivity index (χ2n) is 6.05. The Morgan fingerprint density at radius 1 is 1.23 bits per heavy atom. The van der Waals surface area contributed by atoms with E-state index in [9.17, 15) is 20.1 Å². The highest BCUT2D eigenvalue weighted by Crippen LogP contribution is 2.21. The van der Waals surface area contributed by atoms with E-state index in [0.717, 1.165) is 0 Å². The van der Waals surface area contributed by atoms with Crippen LogP contribution in [0.15, 0.2) is 0 Å². The van der Waals surface area contributed by atoms with Crippen molar-refractivity contribution in [1.82, 2.24) is 5.32 Å². The summed E-state index contributed by atoms with van der Waals surface area (Å²) >= 11 is 0. The fourth-order valence-corrected chi connectivity index (χ4v) is 1.89. The summed E-state index contributed by atoms with van der Waals surface area (Å²) in [5.41, 5.74) is 4.81. The minimum Gasteiger partial charge on any atom is -0.444 e. The fourth-order valence-electron chi connectivity index (χ4n) is 1.89. The third kappa shape index (κ3) is 5.67. The summed E-state index contributed by atoms with van der Waals surface area (Å²) in [5.74, 6) is 0. The average Bonchev–Trinajstić information content (AvgIpc) is 2.41. The molecule has 0 saturated carbocycles. The van der Waals surface area contributed by atoms with Gasteiger partial charge in [0.1, 0.15) is 30.0 Å². The van der Waals surface area contributed by atoms with Crippen LogP contribution in [0.2, 0.25) is 0 Å². The monoisotopic (exact) mass is 322 g/mol. The molecular weight excluding hydrogens is 296 g/mol. The molecule has 0 aliphatic carbocycles. The second kappa shape index (κ2) is 8.04. The molecule has 9 nitrogen and oxygen atoms in total. The SMILES string of the molecule is CC(C)(C)OC(=O)NCCO[C@@H]1O[C@H](CN)[C@H](O)[C@H](O)[C@H]1O. The molecule has 0 spiro atoms. The van der Waals surface area contributed by atoms with Crippen molar-refractivity contribution < 1.29 is 34.3 Å². The van der Waals surface area contributed by atoms with Crippen LogP contribution in [-0.2, 0) is 14.2 Å². The van der Waals surface area contributed by atoms with Crippen LogP contribution in [0.3, 0.4) is 0 Å². The van der Waals surface area contributed by atoms with Crippen molar-refractivity contribution in [2.24, 2.45) is 5.73 Å². The van der Waals surface area contributed by atoms with Crippen LogP contribution in [0.4, 0.5) is 4.79 Å². The van der Waals surface area contributed by atoms with E-state index in [2.05, 4.69) is 5.32 Å². The molecule has 1 rings (SSSR count). The Morgan fingerprint density at radius 3 is 2.41 bits per heavy atom. The largest absolute Gasteiger partial charge is 0.444 e. The molecular formula is C13H26N2O7. The van der Waals surface area contributed by atoms with Gasteiger partial charge in [0.05, 0.1) is 6.61 Å². The minimum absolute atomic E-state index is 0.0268. The molecule has 22 heavy (non-hydrogen) atoms. The molecule has 130 valence electrons. The maximum absolute atomic E-state index is 11.4. The third-order valence-electron chi connectivity index (χ3n) is 2.95. The molecule has 1 saturated heterocycles. The summed E-state index contributed by atoms with van der Waals surface area (Å²) in [7, 11) is 0. The molecule has 0 aromatic heterocycles. The normalized spacial score (nSPS) is 32.6. The highest BCUT2D eigenvalue weighted by molar-refractivity contribution is 5.67. The zero-order valence-electron chi connectivity index (χ0n) is 13.1. The summed E-state index contributed by atoms with van der Waals surface area (Å²) in [5, 5.41) is 31.6. The highest BCUT2D eigenvalue weighted by atomic mass is 16.7. The maximum Gasteiger partial charge on any atom is 0.407 e. The first-order valence-corrected chi connectivity index (χ1v) is 7.14. The van der Waals surface area contributed by atoms with Crippen molar-refractivity contribution in [1.29, 1.82) is 0 Å². The summed E-state index contributed by atoms with van der Waals surface area (Å²) < 4.78 is 15.6. The smallest absolute Gasteiger partial charge is 0.407 e. The zero-order chi connectivity index (χ0) is 16.9. The Morgan fingerprint density at radius 2 is 1.86 bits per heavy atom. The van der Waals surface area contributed by atoms with Crippen LogP contribution in [0, 0.1) is 0 Å². The first-order chi connectivity index (χ1) is 10.2. The zero-order valence-corrected chi connectivity index (χ0v) is 13.1. The predicted octanol–water partition coefficient (Wildman–Crippen LogP) is -1.71. The summed E-state index contributed by atoms with van der Waals surface area (Å²) in [6.07, 6.45) is -6.64.